The second-order valence-corrected chi connectivity index (χ2v) is 9.08. The molecule has 4 rings (SSSR count). The number of hydrogen-bond donors (Lipinski definition) is 2. The summed E-state index contributed by atoms with van der Waals surface area (Å²) in [4.78, 5) is 17.8. The summed E-state index contributed by atoms with van der Waals surface area (Å²) in [5, 5.41) is 3.17. The zero-order valence-electron chi connectivity index (χ0n) is 20.7. The summed E-state index contributed by atoms with van der Waals surface area (Å²) in [6, 6.07) is 26.6. The number of nitrogens with zero attached hydrogens (tertiary/aromatic N) is 1. The van der Waals surface area contributed by atoms with Gasteiger partial charge in [0.25, 0.3) is 0 Å². The molecule has 184 valence electrons. The molecule has 0 saturated carbocycles. The quantitative estimate of drug-likeness (QED) is 0.397. The van der Waals surface area contributed by atoms with Gasteiger partial charge in [-0.2, -0.15) is 0 Å². The smallest absolute Gasteiger partial charge is 0.235 e. The molecule has 5 nitrogen and oxygen atoms in total. The molecular formula is C31H33N3O2. The minimum atomic E-state index is -0.644. The van der Waals surface area contributed by atoms with Crippen LogP contribution in [0.25, 0.3) is 5.57 Å². The molecule has 3 N–H and O–H groups in total. The van der Waals surface area contributed by atoms with Crippen molar-refractivity contribution in [3.05, 3.63) is 120 Å². The third-order valence-electron chi connectivity index (χ3n) is 6.70. The lowest BCUT2D eigenvalue weighted by atomic mass is 9.73. The number of hydrogen-bond acceptors (Lipinski definition) is 4. The third kappa shape index (κ3) is 5.99. The van der Waals surface area contributed by atoms with Gasteiger partial charge in [-0.25, -0.2) is 4.99 Å². The van der Waals surface area contributed by atoms with Gasteiger partial charge in [0.2, 0.25) is 5.91 Å². The molecule has 5 heteroatoms. The standard InChI is InChI=1S/C31H33N3O2/c1-3-26(22-33-23(2)32)27-11-13-28(14-12-27)31(17-19-36-20-18-31)30(35)34-29-15-9-25(10-16-29)21-24-7-5-4-6-8-24/h3-16,22H,2,17-21,32H2,1H3,(H,34,35)/b26-3+,33-22-. The first kappa shape index (κ1) is 25.1. The SMILES string of the molecule is C=C(N)/N=C\C(=C/C)c1ccc(C2(C(=O)Nc3ccc(Cc4ccccc4)cc3)CCOCC2)cc1. The van der Waals surface area contributed by atoms with Gasteiger partial charge in [-0.05, 0) is 66.1 Å². The molecule has 36 heavy (non-hydrogen) atoms. The number of benzene rings is 3. The number of allylic oxidation sites excluding steroid dienone is 2. The Morgan fingerprint density at radius 2 is 1.64 bits per heavy atom. The fraction of sp³-hybridized carbons (Fsp3) is 0.226. The van der Waals surface area contributed by atoms with Crippen LogP contribution in [0.2, 0.25) is 0 Å². The lowest BCUT2D eigenvalue weighted by molar-refractivity contribution is -0.125. The van der Waals surface area contributed by atoms with E-state index in [1.54, 1.807) is 6.21 Å². The molecule has 3 aromatic carbocycles. The first-order chi connectivity index (χ1) is 17.5. The van der Waals surface area contributed by atoms with E-state index in [4.69, 9.17) is 10.5 Å². The van der Waals surface area contributed by atoms with Gasteiger partial charge in [0, 0.05) is 25.1 Å². The van der Waals surface area contributed by atoms with Gasteiger partial charge < -0.3 is 15.8 Å². The van der Waals surface area contributed by atoms with Crippen LogP contribution in [0.5, 0.6) is 0 Å². The first-order valence-corrected chi connectivity index (χ1v) is 12.3. The Balaban J connectivity index is 1.52. The van der Waals surface area contributed by atoms with Gasteiger partial charge in [-0.3, -0.25) is 4.79 Å². The Bertz CT molecular complexity index is 1240. The molecule has 1 aliphatic rings. The number of anilines is 1. The Labute approximate surface area is 213 Å². The Hall–Kier alpha value is -3.96. The minimum absolute atomic E-state index is 0.00149. The normalized spacial score (nSPS) is 15.5. The summed E-state index contributed by atoms with van der Waals surface area (Å²) in [6.45, 7) is 6.67. The van der Waals surface area contributed by atoms with E-state index in [0.29, 0.717) is 26.1 Å². The summed E-state index contributed by atoms with van der Waals surface area (Å²) >= 11 is 0. The molecule has 0 aliphatic carbocycles. The average Bonchev–Trinajstić information content (AvgIpc) is 2.91. The largest absolute Gasteiger partial charge is 0.384 e. The topological polar surface area (TPSA) is 76.7 Å². The maximum atomic E-state index is 13.7. The van der Waals surface area contributed by atoms with Gasteiger partial charge >= 0.3 is 0 Å². The van der Waals surface area contributed by atoms with Crippen LogP contribution >= 0.6 is 0 Å². The van der Waals surface area contributed by atoms with Crippen molar-refractivity contribution in [1.29, 1.82) is 0 Å². The summed E-state index contributed by atoms with van der Waals surface area (Å²) in [5.41, 5.74) is 11.1. The van der Waals surface area contributed by atoms with Crippen molar-refractivity contribution in [3.8, 4) is 0 Å². The fourth-order valence-electron chi connectivity index (χ4n) is 4.60. The van der Waals surface area contributed by atoms with E-state index in [-0.39, 0.29) is 11.7 Å². The Morgan fingerprint density at radius 3 is 2.25 bits per heavy atom. The summed E-state index contributed by atoms with van der Waals surface area (Å²) in [7, 11) is 0. The zero-order chi connectivity index (χ0) is 25.4. The van der Waals surface area contributed by atoms with Crippen molar-refractivity contribution in [2.75, 3.05) is 18.5 Å². The summed E-state index contributed by atoms with van der Waals surface area (Å²) in [6.07, 6.45) is 5.81. The lowest BCUT2D eigenvalue weighted by Crippen LogP contribution is -2.44. The first-order valence-electron chi connectivity index (χ1n) is 12.3. The van der Waals surface area contributed by atoms with Crippen molar-refractivity contribution in [3.63, 3.8) is 0 Å². The van der Waals surface area contributed by atoms with Crippen LogP contribution in [-0.4, -0.2) is 25.3 Å². The molecular weight excluding hydrogens is 446 g/mol. The Morgan fingerprint density at radius 1 is 1.00 bits per heavy atom. The number of aliphatic imine (C=N–C) groups is 1. The van der Waals surface area contributed by atoms with E-state index in [0.717, 1.165) is 28.8 Å². The van der Waals surface area contributed by atoms with E-state index < -0.39 is 5.41 Å². The van der Waals surface area contributed by atoms with Crippen molar-refractivity contribution in [2.45, 2.75) is 31.6 Å². The minimum Gasteiger partial charge on any atom is -0.384 e. The molecule has 1 saturated heterocycles. The van der Waals surface area contributed by atoms with Crippen molar-refractivity contribution < 1.29 is 9.53 Å². The van der Waals surface area contributed by atoms with Crippen LogP contribution in [0.3, 0.4) is 0 Å². The highest BCUT2D eigenvalue weighted by atomic mass is 16.5. The molecule has 1 fully saturated rings. The summed E-state index contributed by atoms with van der Waals surface area (Å²) < 4.78 is 5.63. The predicted molar refractivity (Wildman–Crippen MR) is 148 cm³/mol. The van der Waals surface area contributed by atoms with Gasteiger partial charge in [0.15, 0.2) is 0 Å². The van der Waals surface area contributed by atoms with E-state index in [1.807, 2.05) is 67.6 Å². The molecule has 0 atom stereocenters. The number of nitrogens with two attached hydrogens (primary N) is 1. The number of carbonyl (C=O) groups excluding carboxylic acids is 1. The van der Waals surface area contributed by atoms with Gasteiger partial charge in [0.05, 0.1) is 5.41 Å². The highest BCUT2D eigenvalue weighted by Gasteiger charge is 2.41. The molecule has 1 aliphatic heterocycles. The monoisotopic (exact) mass is 479 g/mol. The molecule has 1 amide bonds. The predicted octanol–water partition coefficient (Wildman–Crippen LogP) is 5.87. The number of carbonyl (C=O) groups is 1. The molecule has 0 radical (unpaired) electrons. The molecule has 0 spiro atoms. The number of amides is 1. The fourth-order valence-corrected chi connectivity index (χ4v) is 4.60. The van der Waals surface area contributed by atoms with E-state index >= 15 is 0 Å². The van der Waals surface area contributed by atoms with Crippen LogP contribution in [0, 0.1) is 0 Å². The maximum Gasteiger partial charge on any atom is 0.235 e. The van der Waals surface area contributed by atoms with E-state index in [9.17, 15) is 4.79 Å². The van der Waals surface area contributed by atoms with Crippen LogP contribution in [0.1, 0.15) is 42.0 Å². The zero-order valence-corrected chi connectivity index (χ0v) is 20.7. The highest BCUT2D eigenvalue weighted by Crippen LogP contribution is 2.37. The van der Waals surface area contributed by atoms with Crippen LogP contribution in [0.15, 0.2) is 102 Å². The lowest BCUT2D eigenvalue weighted by Gasteiger charge is -2.36. The maximum absolute atomic E-state index is 13.7. The second-order valence-electron chi connectivity index (χ2n) is 9.08. The second kappa shape index (κ2) is 11.6. The average molecular weight is 480 g/mol. The molecule has 3 aromatic rings. The number of ether oxygens (including phenoxy) is 1. The molecule has 1 heterocycles. The molecule has 0 aromatic heterocycles. The number of nitrogens with one attached hydrogen (secondary N) is 1. The number of rotatable bonds is 8. The Kier molecular flexibility index (Phi) is 8.13. The van der Waals surface area contributed by atoms with Crippen LogP contribution in [-0.2, 0) is 21.4 Å². The van der Waals surface area contributed by atoms with Crippen molar-refractivity contribution in [1.82, 2.24) is 0 Å². The van der Waals surface area contributed by atoms with E-state index in [1.165, 1.54) is 11.1 Å². The van der Waals surface area contributed by atoms with Gasteiger partial charge in [-0.1, -0.05) is 79.4 Å². The van der Waals surface area contributed by atoms with E-state index in [2.05, 4.69) is 41.2 Å². The van der Waals surface area contributed by atoms with Crippen LogP contribution in [0.4, 0.5) is 5.69 Å². The molecule has 0 bridgehead atoms. The van der Waals surface area contributed by atoms with Crippen molar-refractivity contribution >= 4 is 23.4 Å². The highest BCUT2D eigenvalue weighted by molar-refractivity contribution is 6.10. The van der Waals surface area contributed by atoms with Gasteiger partial charge in [0.1, 0.15) is 5.82 Å². The third-order valence-corrected chi connectivity index (χ3v) is 6.70. The molecule has 0 unspecified atom stereocenters. The van der Waals surface area contributed by atoms with Crippen LogP contribution < -0.4 is 11.1 Å². The summed E-state index contributed by atoms with van der Waals surface area (Å²) in [5.74, 6) is 0.263. The van der Waals surface area contributed by atoms with Crippen molar-refractivity contribution in [2.24, 2.45) is 10.7 Å². The van der Waals surface area contributed by atoms with Gasteiger partial charge in [-0.15, -0.1) is 0 Å².